The quantitative estimate of drug-likeness (QED) is 0.0940. The Morgan fingerprint density at radius 1 is 0.761 bits per heavy atom. The molecule has 20 heteroatoms. The summed E-state index contributed by atoms with van der Waals surface area (Å²) in [5.41, 5.74) is 1.55. The van der Waals surface area contributed by atoms with Gasteiger partial charge in [0.2, 0.25) is 11.8 Å². The normalized spacial score (nSPS) is 20.9. The molecule has 0 radical (unpaired) electrons. The number of hydrogen-bond donors (Lipinski definition) is 4. The number of amides is 4. The lowest BCUT2D eigenvalue weighted by Crippen LogP contribution is -2.51. The molecule has 6 atom stereocenters. The van der Waals surface area contributed by atoms with Crippen LogP contribution < -0.4 is 10.2 Å². The van der Waals surface area contributed by atoms with Gasteiger partial charge in [0.1, 0.15) is 35.4 Å². The first kappa shape index (κ1) is 47.0. The highest BCUT2D eigenvalue weighted by molar-refractivity contribution is 5.87. The van der Waals surface area contributed by atoms with E-state index in [1.807, 2.05) is 19.9 Å². The average molecular weight is 936 g/mol. The molecule has 8 rings (SSSR count). The van der Waals surface area contributed by atoms with Crippen LogP contribution in [0.15, 0.2) is 48.5 Å². The number of hydrogen-bond acceptors (Lipinski definition) is 8. The number of nitrogens with zero attached hydrogens (tertiary/aromatic N) is 6. The fraction of sp³-hybridized carbons (Fsp3) is 0.489. The first-order chi connectivity index (χ1) is 31.8. The van der Waals surface area contributed by atoms with Crippen LogP contribution in [0, 0.1) is 23.5 Å². The fourth-order valence-corrected chi connectivity index (χ4v) is 10.3. The summed E-state index contributed by atoms with van der Waals surface area (Å²) in [7, 11) is 2.60. The summed E-state index contributed by atoms with van der Waals surface area (Å²) in [6.45, 7) is 8.08. The Morgan fingerprint density at radius 2 is 1.28 bits per heavy atom. The summed E-state index contributed by atoms with van der Waals surface area (Å²) < 4.78 is 77.9. The van der Waals surface area contributed by atoms with Gasteiger partial charge >= 0.3 is 18.4 Å². The Hall–Kier alpha value is -6.47. The molecule has 2 aromatic heterocycles. The number of alkyl carbamates (subject to hydrolysis) is 1. The minimum atomic E-state index is -5.13. The fourth-order valence-electron chi connectivity index (χ4n) is 10.3. The molecular formula is C47H54F5N9O6. The lowest BCUT2D eigenvalue weighted by Gasteiger charge is -2.34. The van der Waals surface area contributed by atoms with Crippen molar-refractivity contribution in [1.29, 1.82) is 0 Å². The van der Waals surface area contributed by atoms with Crippen molar-refractivity contribution in [1.82, 2.24) is 40.0 Å². The molecule has 4 N–H and O–H groups in total. The molecular weight excluding hydrogens is 882 g/mol. The number of likely N-dealkylation sites (tertiary alicyclic amines) is 2. The highest BCUT2D eigenvalue weighted by atomic mass is 19.4. The molecule has 0 unspecified atom stereocenters. The van der Waals surface area contributed by atoms with E-state index in [1.165, 1.54) is 14.2 Å². The van der Waals surface area contributed by atoms with E-state index < -0.39 is 71.8 Å². The molecule has 3 aliphatic rings. The Kier molecular flexibility index (Phi) is 12.9. The number of carbonyl (C=O) groups is 4. The summed E-state index contributed by atoms with van der Waals surface area (Å²) in [5.74, 6) is -2.96. The van der Waals surface area contributed by atoms with E-state index >= 15 is 8.78 Å². The number of H-pyrrole nitrogens is 2. The van der Waals surface area contributed by atoms with Crippen molar-refractivity contribution >= 4 is 51.8 Å². The zero-order valence-corrected chi connectivity index (χ0v) is 38.0. The smallest absolute Gasteiger partial charge is 0.419 e. The number of imidazole rings is 2. The van der Waals surface area contributed by atoms with Crippen LogP contribution in [-0.2, 0) is 20.5 Å². The molecule has 3 aliphatic heterocycles. The van der Waals surface area contributed by atoms with Crippen molar-refractivity contribution in [3.63, 3.8) is 0 Å². The molecule has 5 heterocycles. The number of anilines is 1. The van der Waals surface area contributed by atoms with Gasteiger partial charge in [0.15, 0.2) is 0 Å². The van der Waals surface area contributed by atoms with E-state index in [0.717, 1.165) is 4.90 Å². The Morgan fingerprint density at radius 3 is 1.75 bits per heavy atom. The van der Waals surface area contributed by atoms with Crippen LogP contribution in [0.3, 0.4) is 0 Å². The van der Waals surface area contributed by atoms with Crippen LogP contribution in [0.1, 0.15) is 119 Å². The maximum atomic E-state index is 16.2. The number of methoxy groups -OCH3 is 1. The van der Waals surface area contributed by atoms with Crippen LogP contribution in [0.5, 0.6) is 0 Å². The highest BCUT2D eigenvalue weighted by Gasteiger charge is 2.43. The molecule has 3 saturated heterocycles. The van der Waals surface area contributed by atoms with Gasteiger partial charge in [-0.15, -0.1) is 0 Å². The minimum absolute atomic E-state index is 0.190. The molecule has 358 valence electrons. The predicted molar refractivity (Wildman–Crippen MR) is 237 cm³/mol. The Labute approximate surface area is 383 Å². The van der Waals surface area contributed by atoms with Crippen LogP contribution >= 0.6 is 0 Å². The molecule has 0 spiro atoms. The number of rotatable bonds is 11. The van der Waals surface area contributed by atoms with Gasteiger partial charge in [-0.05, 0) is 91.8 Å². The van der Waals surface area contributed by atoms with Crippen LogP contribution in [0.25, 0.3) is 22.1 Å². The third kappa shape index (κ3) is 8.93. The number of ether oxygens (including phenoxy) is 1. The maximum absolute atomic E-state index is 16.2. The first-order valence-electron chi connectivity index (χ1n) is 22.5. The molecule has 15 nitrogen and oxygen atoms in total. The molecule has 0 bridgehead atoms. The highest BCUT2D eigenvalue weighted by Crippen LogP contribution is 2.49. The van der Waals surface area contributed by atoms with Gasteiger partial charge < -0.3 is 39.8 Å². The SMILES string of the molecule is COC(=O)N[C@H](C(=O)N1CCC[C@H]1c1nc2cc([C@H]3CC[C@@H](c4ccc5[nH]c([C@@H]6CCCN6C(=O)[C@H](C(C)C)N(C)C(=O)O)nc5c4)N3c3cc(F)c(C(F)(F)F)cc3F)ccc2[nH]1)C(C)C. The third-order valence-electron chi connectivity index (χ3n) is 13.5. The van der Waals surface area contributed by atoms with Gasteiger partial charge in [-0.3, -0.25) is 14.5 Å². The largest absolute Gasteiger partial charge is 0.465 e. The number of fused-ring (bicyclic) bond motifs is 2. The van der Waals surface area contributed by atoms with E-state index in [4.69, 9.17) is 14.7 Å². The van der Waals surface area contributed by atoms with Gasteiger partial charge in [0.05, 0.1) is 64.6 Å². The number of carboxylic acid groups (broad SMARTS) is 1. The lowest BCUT2D eigenvalue weighted by molar-refractivity contribution is -0.140. The van der Waals surface area contributed by atoms with Crippen molar-refractivity contribution in [3.8, 4) is 0 Å². The number of alkyl halides is 3. The number of likely N-dealkylation sites (N-methyl/N-ethyl adjacent to an activating group) is 1. The Bertz CT molecular complexity index is 2700. The van der Waals surface area contributed by atoms with Crippen molar-refractivity contribution in [3.05, 3.63) is 88.5 Å². The molecule has 0 saturated carbocycles. The predicted octanol–water partition coefficient (Wildman–Crippen LogP) is 9.16. The molecule has 3 fully saturated rings. The number of benzene rings is 3. The number of nitrogens with one attached hydrogen (secondary N) is 3. The third-order valence-corrected chi connectivity index (χ3v) is 13.5. The van der Waals surface area contributed by atoms with Crippen LogP contribution in [0.2, 0.25) is 0 Å². The van der Waals surface area contributed by atoms with Crippen molar-refractivity contribution in [2.24, 2.45) is 11.8 Å². The Balaban J connectivity index is 1.12. The second-order valence-electron chi connectivity index (χ2n) is 18.4. The van der Waals surface area contributed by atoms with Gasteiger partial charge in [-0.2, -0.15) is 13.2 Å². The number of aromatic amines is 2. The van der Waals surface area contributed by atoms with Crippen molar-refractivity contribution < 1.29 is 51.0 Å². The summed E-state index contributed by atoms with van der Waals surface area (Å²) in [6, 6.07) is 7.67. The monoisotopic (exact) mass is 935 g/mol. The van der Waals surface area contributed by atoms with Crippen molar-refractivity contribution in [2.45, 2.75) is 109 Å². The van der Waals surface area contributed by atoms with E-state index in [9.17, 15) is 37.5 Å². The number of aromatic nitrogens is 4. The summed E-state index contributed by atoms with van der Waals surface area (Å²) >= 11 is 0. The first-order valence-corrected chi connectivity index (χ1v) is 22.5. The summed E-state index contributed by atoms with van der Waals surface area (Å²) in [4.78, 5) is 74.1. The molecule has 4 amide bonds. The van der Waals surface area contributed by atoms with Crippen molar-refractivity contribution in [2.75, 3.05) is 32.1 Å². The maximum Gasteiger partial charge on any atom is 0.419 e. The van der Waals surface area contributed by atoms with E-state index in [2.05, 4.69) is 15.3 Å². The van der Waals surface area contributed by atoms with Gasteiger partial charge in [-0.25, -0.2) is 28.3 Å². The van der Waals surface area contributed by atoms with E-state index in [-0.39, 0.29) is 35.4 Å². The van der Waals surface area contributed by atoms with E-state index in [1.54, 1.807) is 58.9 Å². The molecule has 0 aliphatic carbocycles. The second kappa shape index (κ2) is 18.3. The lowest BCUT2D eigenvalue weighted by atomic mass is 10.0. The van der Waals surface area contributed by atoms with Gasteiger partial charge in [0, 0.05) is 26.2 Å². The standard InChI is InChI=1S/C47H54F5N9O6/c1-23(2)39(57-45(64)67-6)43(62)59-17-7-9-36(59)41-53-30-13-11-25(19-32(30)55-41)34-15-16-35(61(34)38-22-28(48)27(21-29(38)49)47(50,51)52)26-12-14-31-33(20-26)56-42(54-31)37-10-8-18-60(37)44(63)40(24(3)4)58(5)46(65)66/h11-14,19-24,34-37,39-40H,7-10,15-18H2,1-6H3,(H,53,55)(H,54,56)(H,57,64)(H,65,66)/t34-,35+,36+,37+,39+,40+/m1/s1. The van der Waals surface area contributed by atoms with Crippen LogP contribution in [0.4, 0.5) is 37.2 Å². The zero-order valence-electron chi connectivity index (χ0n) is 38.0. The minimum Gasteiger partial charge on any atom is -0.465 e. The molecule has 67 heavy (non-hydrogen) atoms. The van der Waals surface area contributed by atoms with Gasteiger partial charge in [-0.1, -0.05) is 39.8 Å². The topological polar surface area (TPSA) is 180 Å². The number of halogens is 5. The number of carbonyl (C=O) groups excluding carboxylic acids is 3. The summed E-state index contributed by atoms with van der Waals surface area (Å²) in [5, 5.41) is 12.4. The second-order valence-corrected chi connectivity index (χ2v) is 18.4. The van der Waals surface area contributed by atoms with Gasteiger partial charge in [0.25, 0.3) is 0 Å². The molecule has 3 aromatic carbocycles. The van der Waals surface area contributed by atoms with E-state index in [0.29, 0.717) is 103 Å². The summed E-state index contributed by atoms with van der Waals surface area (Å²) in [6.07, 6.45) is -3.70. The average Bonchev–Trinajstić information content (AvgIpc) is 4.13. The molecule has 5 aromatic rings. The zero-order chi connectivity index (χ0) is 48.2. The van der Waals surface area contributed by atoms with Crippen LogP contribution in [-0.4, -0.2) is 103 Å².